The third-order valence-corrected chi connectivity index (χ3v) is 6.69. The van der Waals surface area contributed by atoms with Crippen LogP contribution in [0.4, 0.5) is 5.13 Å². The van der Waals surface area contributed by atoms with Crippen molar-refractivity contribution in [3.63, 3.8) is 0 Å². The molecule has 0 bridgehead atoms. The molecule has 0 aliphatic carbocycles. The van der Waals surface area contributed by atoms with Crippen LogP contribution < -0.4 is 10.2 Å². The summed E-state index contributed by atoms with van der Waals surface area (Å²) in [5, 5.41) is 13.6. The summed E-state index contributed by atoms with van der Waals surface area (Å²) in [6.45, 7) is 7.84. The maximum Gasteiger partial charge on any atom is 0.223 e. The van der Waals surface area contributed by atoms with Gasteiger partial charge in [0.15, 0.2) is 0 Å². The zero-order valence-corrected chi connectivity index (χ0v) is 17.3. The van der Waals surface area contributed by atoms with Crippen LogP contribution in [0.15, 0.2) is 24.5 Å². The van der Waals surface area contributed by atoms with E-state index in [-0.39, 0.29) is 11.8 Å². The number of piperazine rings is 1. The second kappa shape index (κ2) is 9.02. The largest absolute Gasteiger partial charge is 0.355 e. The Morgan fingerprint density at radius 3 is 2.46 bits per heavy atom. The van der Waals surface area contributed by atoms with E-state index in [0.717, 1.165) is 75.5 Å². The van der Waals surface area contributed by atoms with E-state index in [0.29, 0.717) is 0 Å². The van der Waals surface area contributed by atoms with Crippen molar-refractivity contribution >= 4 is 22.4 Å². The van der Waals surface area contributed by atoms with Crippen LogP contribution in [0.25, 0.3) is 5.13 Å². The predicted octanol–water partition coefficient (Wildman–Crippen LogP) is 0.909. The molecule has 0 atom stereocenters. The molecule has 2 saturated heterocycles. The minimum atomic E-state index is 0.112. The first-order valence-electron chi connectivity index (χ1n) is 10.1. The van der Waals surface area contributed by atoms with Gasteiger partial charge in [0.2, 0.25) is 16.2 Å². The molecule has 2 aliphatic rings. The molecule has 9 heteroatoms. The van der Waals surface area contributed by atoms with Crippen molar-refractivity contribution in [1.82, 2.24) is 29.9 Å². The molecule has 4 heterocycles. The molecule has 1 N–H and O–H groups in total. The van der Waals surface area contributed by atoms with Gasteiger partial charge in [-0.15, -0.1) is 10.2 Å². The number of aromatic nitrogens is 3. The lowest BCUT2D eigenvalue weighted by molar-refractivity contribution is -0.125. The number of likely N-dealkylation sites (N-methyl/N-ethyl adjacent to an activating group) is 1. The van der Waals surface area contributed by atoms with Gasteiger partial charge < -0.3 is 15.1 Å². The van der Waals surface area contributed by atoms with Crippen LogP contribution in [-0.2, 0) is 4.79 Å². The van der Waals surface area contributed by atoms with Crippen molar-refractivity contribution in [2.45, 2.75) is 12.8 Å². The van der Waals surface area contributed by atoms with Gasteiger partial charge in [0.1, 0.15) is 0 Å². The summed E-state index contributed by atoms with van der Waals surface area (Å²) >= 11 is 1.59. The first-order chi connectivity index (χ1) is 13.7. The lowest BCUT2D eigenvalue weighted by atomic mass is 9.96. The number of rotatable bonds is 6. The van der Waals surface area contributed by atoms with Crippen LogP contribution in [-0.4, -0.2) is 89.9 Å². The van der Waals surface area contributed by atoms with E-state index >= 15 is 0 Å². The topological polar surface area (TPSA) is 69.5 Å². The number of amides is 1. The van der Waals surface area contributed by atoms with Crippen molar-refractivity contribution in [3.8, 4) is 5.13 Å². The quantitative estimate of drug-likeness (QED) is 0.773. The Balaban J connectivity index is 1.19. The fourth-order valence-corrected chi connectivity index (χ4v) is 4.65. The minimum absolute atomic E-state index is 0.112. The van der Waals surface area contributed by atoms with Crippen molar-refractivity contribution in [3.05, 3.63) is 24.5 Å². The van der Waals surface area contributed by atoms with Gasteiger partial charge in [0, 0.05) is 70.7 Å². The Morgan fingerprint density at radius 2 is 1.75 bits per heavy atom. The lowest BCUT2D eigenvalue weighted by Gasteiger charge is -2.33. The van der Waals surface area contributed by atoms with Gasteiger partial charge in [-0.05, 0) is 32.0 Å². The van der Waals surface area contributed by atoms with E-state index in [4.69, 9.17) is 0 Å². The molecule has 2 aliphatic heterocycles. The zero-order valence-electron chi connectivity index (χ0n) is 16.5. The molecule has 4 rings (SSSR count). The number of nitrogens with zero attached hydrogens (tertiary/aromatic N) is 6. The molecular weight excluding hydrogens is 374 g/mol. The molecule has 28 heavy (non-hydrogen) atoms. The fraction of sp³-hybridized carbons (Fsp3) is 0.632. The average molecular weight is 404 g/mol. The van der Waals surface area contributed by atoms with Gasteiger partial charge >= 0.3 is 0 Å². The van der Waals surface area contributed by atoms with E-state index in [2.05, 4.69) is 37.3 Å². The van der Waals surface area contributed by atoms with Crippen LogP contribution in [0.1, 0.15) is 12.8 Å². The normalized spacial score (nSPS) is 19.8. The van der Waals surface area contributed by atoms with Crippen LogP contribution in [0.3, 0.4) is 0 Å². The van der Waals surface area contributed by atoms with E-state index in [1.165, 1.54) is 0 Å². The predicted molar refractivity (Wildman–Crippen MR) is 111 cm³/mol. The number of hydrogen-bond acceptors (Lipinski definition) is 7. The standard InChI is InChI=1S/C19H29N7OS/c1-23-12-14-24(15-13-23)11-6-20-17(27)16-4-9-26(10-5-16)19-22-21-18(28-19)25-7-2-3-8-25/h2-3,7-8,16H,4-6,9-15H2,1H3,(H,20,27). The molecule has 152 valence electrons. The van der Waals surface area contributed by atoms with Crippen molar-refractivity contribution < 1.29 is 4.79 Å². The summed E-state index contributed by atoms with van der Waals surface area (Å²) in [6.07, 6.45) is 5.70. The molecule has 2 aromatic heterocycles. The van der Waals surface area contributed by atoms with E-state index in [1.807, 2.05) is 29.1 Å². The number of hydrogen-bond donors (Lipinski definition) is 1. The summed E-state index contributed by atoms with van der Waals surface area (Å²) in [4.78, 5) is 19.5. The molecule has 8 nitrogen and oxygen atoms in total. The Labute approximate surface area is 170 Å². The highest BCUT2D eigenvalue weighted by Crippen LogP contribution is 2.27. The van der Waals surface area contributed by atoms with Gasteiger partial charge in [0.25, 0.3) is 0 Å². The second-order valence-corrected chi connectivity index (χ2v) is 8.59. The molecule has 0 radical (unpaired) electrons. The molecular formula is C19H29N7OS. The maximum atomic E-state index is 12.5. The third kappa shape index (κ3) is 4.71. The van der Waals surface area contributed by atoms with E-state index < -0.39 is 0 Å². The van der Waals surface area contributed by atoms with Crippen LogP contribution >= 0.6 is 11.3 Å². The Morgan fingerprint density at radius 1 is 1.07 bits per heavy atom. The average Bonchev–Trinajstić information content (AvgIpc) is 3.41. The van der Waals surface area contributed by atoms with Crippen LogP contribution in [0.5, 0.6) is 0 Å². The summed E-state index contributed by atoms with van der Waals surface area (Å²) in [5.41, 5.74) is 0. The highest BCUT2D eigenvalue weighted by atomic mass is 32.1. The number of nitrogens with one attached hydrogen (secondary N) is 1. The molecule has 0 spiro atoms. The maximum absolute atomic E-state index is 12.5. The molecule has 0 saturated carbocycles. The minimum Gasteiger partial charge on any atom is -0.355 e. The Kier molecular flexibility index (Phi) is 6.23. The van der Waals surface area contributed by atoms with Gasteiger partial charge in [-0.1, -0.05) is 11.3 Å². The first kappa shape index (κ1) is 19.4. The van der Waals surface area contributed by atoms with Crippen molar-refractivity contribution in [2.24, 2.45) is 5.92 Å². The van der Waals surface area contributed by atoms with Gasteiger partial charge in [0.05, 0.1) is 0 Å². The van der Waals surface area contributed by atoms with Crippen LogP contribution in [0, 0.1) is 5.92 Å². The van der Waals surface area contributed by atoms with Gasteiger partial charge in [-0.25, -0.2) is 0 Å². The molecule has 2 fully saturated rings. The van der Waals surface area contributed by atoms with Gasteiger partial charge in [-0.3, -0.25) is 14.3 Å². The van der Waals surface area contributed by atoms with Gasteiger partial charge in [-0.2, -0.15) is 0 Å². The first-order valence-corrected chi connectivity index (χ1v) is 10.9. The van der Waals surface area contributed by atoms with E-state index in [1.54, 1.807) is 11.3 Å². The molecule has 0 aromatic carbocycles. The molecule has 2 aromatic rings. The highest BCUT2D eigenvalue weighted by Gasteiger charge is 2.26. The summed E-state index contributed by atoms with van der Waals surface area (Å²) in [6, 6.07) is 3.96. The SMILES string of the molecule is CN1CCN(CCNC(=O)C2CCN(c3nnc(-n4cccc4)s3)CC2)CC1. The van der Waals surface area contributed by atoms with Crippen LogP contribution in [0.2, 0.25) is 0 Å². The highest BCUT2D eigenvalue weighted by molar-refractivity contribution is 7.17. The Hall–Kier alpha value is -1.97. The summed E-state index contributed by atoms with van der Waals surface area (Å²) < 4.78 is 1.97. The lowest BCUT2D eigenvalue weighted by Crippen LogP contribution is -2.47. The number of carbonyl (C=O) groups excluding carboxylic acids is 1. The summed E-state index contributed by atoms with van der Waals surface area (Å²) in [7, 11) is 2.16. The smallest absolute Gasteiger partial charge is 0.223 e. The van der Waals surface area contributed by atoms with E-state index in [9.17, 15) is 4.79 Å². The zero-order chi connectivity index (χ0) is 19.3. The third-order valence-electron chi connectivity index (χ3n) is 5.69. The Bertz CT molecular complexity index is 746. The number of piperidine rings is 1. The second-order valence-electron chi connectivity index (χ2n) is 7.65. The monoisotopic (exact) mass is 403 g/mol. The van der Waals surface area contributed by atoms with Crippen molar-refractivity contribution in [2.75, 3.05) is 64.3 Å². The fourth-order valence-electron chi connectivity index (χ4n) is 3.79. The van der Waals surface area contributed by atoms with Crippen molar-refractivity contribution in [1.29, 1.82) is 0 Å². The summed E-state index contributed by atoms with van der Waals surface area (Å²) in [5.74, 6) is 0.319. The molecule has 0 unspecified atom stereocenters. The molecule has 1 amide bonds. The number of carbonyl (C=O) groups is 1. The number of anilines is 1.